The molecule has 1 amide bonds. The zero-order chi connectivity index (χ0) is 12.4. The number of nitrogens with one attached hydrogen (secondary N) is 2. The molecule has 1 heterocycles. The zero-order valence-corrected chi connectivity index (χ0v) is 9.24. The second-order valence-electron chi connectivity index (χ2n) is 3.45. The van der Waals surface area contributed by atoms with E-state index in [9.17, 15) is 9.59 Å². The molecule has 1 aliphatic rings. The van der Waals surface area contributed by atoms with E-state index in [-0.39, 0.29) is 5.91 Å². The Morgan fingerprint density at radius 1 is 1.50 bits per heavy atom. The van der Waals surface area contributed by atoms with Gasteiger partial charge < -0.3 is 16.6 Å². The lowest BCUT2D eigenvalue weighted by atomic mass is 10.1. The van der Waals surface area contributed by atoms with Crippen LogP contribution in [0, 0.1) is 0 Å². The maximum absolute atomic E-state index is 10.1. The van der Waals surface area contributed by atoms with E-state index in [1.165, 1.54) is 0 Å². The fourth-order valence-corrected chi connectivity index (χ4v) is 1.03. The summed E-state index contributed by atoms with van der Waals surface area (Å²) in [5.41, 5.74) is 15.5. The number of carbonyl (C=O) groups is 2. The van der Waals surface area contributed by atoms with Gasteiger partial charge in [0.2, 0.25) is 5.91 Å². The van der Waals surface area contributed by atoms with Gasteiger partial charge in [-0.15, -0.1) is 0 Å². The van der Waals surface area contributed by atoms with Crippen LogP contribution in [0.2, 0.25) is 0 Å². The molecule has 1 saturated heterocycles. The number of hydrazine groups is 1. The number of nitrogens with two attached hydrogens (primary N) is 2. The topological polar surface area (TPSA) is 130 Å². The Morgan fingerprint density at radius 3 is 2.50 bits per heavy atom. The molecule has 7 heteroatoms. The van der Waals surface area contributed by atoms with Crippen LogP contribution in [0.4, 0.5) is 0 Å². The van der Waals surface area contributed by atoms with Gasteiger partial charge in [0.05, 0.1) is 0 Å². The molecule has 0 aliphatic carbocycles. The van der Waals surface area contributed by atoms with Gasteiger partial charge in [-0.2, -0.15) is 0 Å². The number of unbranched alkanes of at least 4 members (excludes halogenated alkanes) is 1. The van der Waals surface area contributed by atoms with E-state index in [2.05, 4.69) is 10.9 Å². The number of carboxylic acid groups (broad SMARTS) is 1. The highest BCUT2D eigenvalue weighted by molar-refractivity contribution is 5.77. The molecule has 1 unspecified atom stereocenters. The maximum atomic E-state index is 10.1. The van der Waals surface area contributed by atoms with Crippen LogP contribution < -0.4 is 22.3 Å². The Kier molecular flexibility index (Phi) is 8.41. The van der Waals surface area contributed by atoms with Crippen molar-refractivity contribution >= 4 is 11.9 Å². The van der Waals surface area contributed by atoms with Gasteiger partial charge in [0.25, 0.3) is 0 Å². The smallest absolute Gasteiger partial charge is 0.320 e. The summed E-state index contributed by atoms with van der Waals surface area (Å²) in [5.74, 6) is -0.841. The van der Waals surface area contributed by atoms with Gasteiger partial charge in [-0.05, 0) is 19.4 Å². The predicted molar refractivity (Wildman–Crippen MR) is 59.3 cm³/mol. The van der Waals surface area contributed by atoms with Crippen molar-refractivity contribution in [3.8, 4) is 0 Å². The van der Waals surface area contributed by atoms with E-state index in [4.69, 9.17) is 16.6 Å². The van der Waals surface area contributed by atoms with Gasteiger partial charge in [0.15, 0.2) is 0 Å². The van der Waals surface area contributed by atoms with E-state index in [1.54, 1.807) is 0 Å². The second kappa shape index (κ2) is 9.08. The first-order valence-electron chi connectivity index (χ1n) is 5.28. The van der Waals surface area contributed by atoms with E-state index in [1.807, 2.05) is 0 Å². The summed E-state index contributed by atoms with van der Waals surface area (Å²) < 4.78 is 0. The average molecular weight is 232 g/mol. The largest absolute Gasteiger partial charge is 0.480 e. The summed E-state index contributed by atoms with van der Waals surface area (Å²) in [6.07, 6.45) is 2.79. The summed E-state index contributed by atoms with van der Waals surface area (Å²) in [6.45, 7) is 1.38. The van der Waals surface area contributed by atoms with E-state index in [0.717, 1.165) is 19.4 Å². The van der Waals surface area contributed by atoms with Crippen LogP contribution in [0.1, 0.15) is 25.7 Å². The number of rotatable bonds is 5. The van der Waals surface area contributed by atoms with Gasteiger partial charge in [0.1, 0.15) is 6.04 Å². The third-order valence-electron chi connectivity index (χ3n) is 1.99. The van der Waals surface area contributed by atoms with Crippen LogP contribution >= 0.6 is 0 Å². The second-order valence-corrected chi connectivity index (χ2v) is 3.45. The fourth-order valence-electron chi connectivity index (χ4n) is 1.03. The lowest BCUT2D eigenvalue weighted by molar-refractivity contribution is -0.138. The van der Waals surface area contributed by atoms with Crippen molar-refractivity contribution in [1.29, 1.82) is 0 Å². The Hall–Kier alpha value is -1.18. The van der Waals surface area contributed by atoms with Crippen LogP contribution in [0.15, 0.2) is 0 Å². The predicted octanol–water partition coefficient (Wildman–Crippen LogP) is -1.46. The van der Waals surface area contributed by atoms with E-state index < -0.39 is 12.0 Å². The van der Waals surface area contributed by atoms with Crippen molar-refractivity contribution in [2.45, 2.75) is 31.7 Å². The number of aliphatic carboxylic acids is 1. The summed E-state index contributed by atoms with van der Waals surface area (Å²) >= 11 is 0. The van der Waals surface area contributed by atoms with Crippen LogP contribution in [-0.2, 0) is 9.59 Å². The highest BCUT2D eigenvalue weighted by atomic mass is 16.4. The number of amides is 1. The van der Waals surface area contributed by atoms with Crippen molar-refractivity contribution in [3.05, 3.63) is 0 Å². The van der Waals surface area contributed by atoms with Gasteiger partial charge in [-0.3, -0.25) is 15.0 Å². The lowest BCUT2D eigenvalue weighted by Crippen LogP contribution is -2.29. The molecule has 0 aromatic rings. The normalized spacial score (nSPS) is 16.0. The van der Waals surface area contributed by atoms with Crippen LogP contribution in [0.25, 0.3) is 0 Å². The van der Waals surface area contributed by atoms with Gasteiger partial charge in [-0.25, -0.2) is 5.43 Å². The molecular formula is C9H20N4O3. The fraction of sp³-hybridized carbons (Fsp3) is 0.778. The minimum Gasteiger partial charge on any atom is -0.480 e. The van der Waals surface area contributed by atoms with Crippen molar-refractivity contribution < 1.29 is 14.7 Å². The standard InChI is InChI=1S/C6H14N2O2.C3H6N2O/c7-4-2-1-3-5(8)6(9)10;6-3-1-2-4-5-3/h5H,1-4,7-8H2,(H,9,10);4H,1-2H2,(H,5,6). The first kappa shape index (κ1) is 14.8. The average Bonchev–Trinajstić information content (AvgIpc) is 2.70. The molecule has 0 saturated carbocycles. The van der Waals surface area contributed by atoms with Crippen LogP contribution in [0.3, 0.4) is 0 Å². The molecule has 7 N–H and O–H groups in total. The first-order chi connectivity index (χ1) is 7.57. The Bertz CT molecular complexity index is 215. The van der Waals surface area contributed by atoms with Crippen molar-refractivity contribution in [1.82, 2.24) is 10.9 Å². The number of carbonyl (C=O) groups excluding carboxylic acids is 1. The lowest BCUT2D eigenvalue weighted by Gasteiger charge is -2.03. The van der Waals surface area contributed by atoms with Crippen molar-refractivity contribution in [3.63, 3.8) is 0 Å². The van der Waals surface area contributed by atoms with Crippen molar-refractivity contribution in [2.24, 2.45) is 11.5 Å². The zero-order valence-electron chi connectivity index (χ0n) is 9.24. The Labute approximate surface area is 94.5 Å². The molecule has 1 fully saturated rings. The molecule has 94 valence electrons. The first-order valence-corrected chi connectivity index (χ1v) is 5.28. The molecule has 16 heavy (non-hydrogen) atoms. The highest BCUT2D eigenvalue weighted by Gasteiger charge is 2.09. The molecule has 1 aliphatic heterocycles. The molecule has 7 nitrogen and oxygen atoms in total. The molecule has 0 bridgehead atoms. The quantitative estimate of drug-likeness (QED) is 0.368. The van der Waals surface area contributed by atoms with E-state index in [0.29, 0.717) is 19.4 Å². The molecule has 0 aromatic carbocycles. The molecule has 1 rings (SSSR count). The third-order valence-corrected chi connectivity index (χ3v) is 1.99. The monoisotopic (exact) mass is 232 g/mol. The molecular weight excluding hydrogens is 212 g/mol. The molecule has 0 spiro atoms. The number of hydrogen-bond acceptors (Lipinski definition) is 5. The van der Waals surface area contributed by atoms with Crippen LogP contribution in [0.5, 0.6) is 0 Å². The summed E-state index contributed by atoms with van der Waals surface area (Å²) in [7, 11) is 0. The summed E-state index contributed by atoms with van der Waals surface area (Å²) in [6, 6.07) is -0.716. The highest BCUT2D eigenvalue weighted by Crippen LogP contribution is 1.96. The Balaban J connectivity index is 0.000000315. The Morgan fingerprint density at radius 2 is 2.19 bits per heavy atom. The van der Waals surface area contributed by atoms with Gasteiger partial charge >= 0.3 is 5.97 Å². The van der Waals surface area contributed by atoms with Crippen molar-refractivity contribution in [2.75, 3.05) is 13.1 Å². The van der Waals surface area contributed by atoms with Crippen LogP contribution in [-0.4, -0.2) is 36.1 Å². The van der Waals surface area contributed by atoms with Gasteiger partial charge in [0, 0.05) is 13.0 Å². The summed E-state index contributed by atoms with van der Waals surface area (Å²) in [5, 5.41) is 8.33. The SMILES string of the molecule is NCCCCC(N)C(=O)O.O=C1CCNN1. The van der Waals surface area contributed by atoms with Gasteiger partial charge in [-0.1, -0.05) is 6.42 Å². The number of carboxylic acids is 1. The third kappa shape index (κ3) is 8.16. The number of hydrogen-bond donors (Lipinski definition) is 5. The molecule has 0 radical (unpaired) electrons. The van der Waals surface area contributed by atoms with E-state index >= 15 is 0 Å². The maximum Gasteiger partial charge on any atom is 0.320 e. The molecule has 0 aromatic heterocycles. The molecule has 1 atom stereocenters. The minimum atomic E-state index is -0.933. The minimum absolute atomic E-state index is 0.0926. The summed E-state index contributed by atoms with van der Waals surface area (Å²) in [4.78, 5) is 20.2.